The fourth-order valence-corrected chi connectivity index (χ4v) is 3.97. The van der Waals surface area contributed by atoms with E-state index in [2.05, 4.69) is 41.2 Å². The number of aromatic nitrogens is 4. The largest absolute Gasteiger partial charge is 0.337 e. The zero-order valence-corrected chi connectivity index (χ0v) is 17.0. The van der Waals surface area contributed by atoms with E-state index in [4.69, 9.17) is 16.6 Å². The van der Waals surface area contributed by atoms with Gasteiger partial charge in [-0.05, 0) is 67.8 Å². The minimum atomic E-state index is -0.00782. The highest BCUT2D eigenvalue weighted by Crippen LogP contribution is 2.29. The lowest BCUT2D eigenvalue weighted by Gasteiger charge is -2.26. The zero-order valence-electron chi connectivity index (χ0n) is 16.2. The highest BCUT2D eigenvalue weighted by molar-refractivity contribution is 6.30. The number of imidazole rings is 1. The molecule has 2 aromatic carbocycles. The fraction of sp³-hybridized carbons (Fsp3) is 0.227. The number of aromatic amines is 2. The standard InChI is InChI=1S/C22H20ClN5O/c1-12-9-17-18(10-13(12)2)25-21(24-17)20-16-7-8-28(11-19(16)26-27-20)22(29)14-3-5-15(23)6-4-14/h3-6,9-10H,7-8,11H2,1-2H3,(H,24,25)(H,26,27). The fourth-order valence-electron chi connectivity index (χ4n) is 3.84. The molecule has 0 atom stereocenters. The Hall–Kier alpha value is -3.12. The second kappa shape index (κ2) is 6.74. The Morgan fingerprint density at radius 1 is 1.14 bits per heavy atom. The molecule has 7 heteroatoms. The maximum atomic E-state index is 12.8. The van der Waals surface area contributed by atoms with Crippen molar-refractivity contribution in [1.82, 2.24) is 25.1 Å². The number of halogens is 1. The second-order valence-electron chi connectivity index (χ2n) is 7.55. The molecule has 4 aromatic rings. The smallest absolute Gasteiger partial charge is 0.254 e. The maximum absolute atomic E-state index is 12.8. The zero-order chi connectivity index (χ0) is 20.1. The molecule has 2 aromatic heterocycles. The Balaban J connectivity index is 1.43. The molecule has 1 aliphatic heterocycles. The number of aryl methyl sites for hydroxylation is 2. The van der Waals surface area contributed by atoms with Crippen molar-refractivity contribution in [2.24, 2.45) is 0 Å². The van der Waals surface area contributed by atoms with Gasteiger partial charge in [-0.15, -0.1) is 0 Å². The van der Waals surface area contributed by atoms with Gasteiger partial charge in [-0.1, -0.05) is 11.6 Å². The highest BCUT2D eigenvalue weighted by atomic mass is 35.5. The molecule has 146 valence electrons. The summed E-state index contributed by atoms with van der Waals surface area (Å²) < 4.78 is 0. The molecule has 0 spiro atoms. The summed E-state index contributed by atoms with van der Waals surface area (Å²) in [5.74, 6) is 0.780. The summed E-state index contributed by atoms with van der Waals surface area (Å²) in [5.41, 5.74) is 7.97. The molecule has 29 heavy (non-hydrogen) atoms. The van der Waals surface area contributed by atoms with Crippen molar-refractivity contribution in [2.75, 3.05) is 6.54 Å². The molecule has 6 nitrogen and oxygen atoms in total. The minimum Gasteiger partial charge on any atom is -0.337 e. The van der Waals surface area contributed by atoms with E-state index in [1.54, 1.807) is 24.3 Å². The van der Waals surface area contributed by atoms with E-state index in [1.807, 2.05) is 4.90 Å². The van der Waals surface area contributed by atoms with Gasteiger partial charge < -0.3 is 9.88 Å². The summed E-state index contributed by atoms with van der Waals surface area (Å²) in [7, 11) is 0. The molecule has 0 bridgehead atoms. The number of benzene rings is 2. The molecule has 0 fully saturated rings. The van der Waals surface area contributed by atoms with Crippen LogP contribution in [0.4, 0.5) is 0 Å². The van der Waals surface area contributed by atoms with E-state index in [0.717, 1.165) is 40.2 Å². The molecule has 1 amide bonds. The number of amides is 1. The summed E-state index contributed by atoms with van der Waals surface area (Å²) in [6.07, 6.45) is 0.732. The van der Waals surface area contributed by atoms with Crippen molar-refractivity contribution < 1.29 is 4.79 Å². The van der Waals surface area contributed by atoms with Gasteiger partial charge in [0.25, 0.3) is 5.91 Å². The van der Waals surface area contributed by atoms with Gasteiger partial charge in [-0.25, -0.2) is 4.98 Å². The van der Waals surface area contributed by atoms with Crippen LogP contribution in [0.2, 0.25) is 5.02 Å². The SMILES string of the molecule is Cc1cc2nc(-c3[nH]nc4c3CCN(C(=O)c3ccc(Cl)cc3)C4)[nH]c2cc1C. The van der Waals surface area contributed by atoms with Crippen LogP contribution in [0.3, 0.4) is 0 Å². The van der Waals surface area contributed by atoms with Gasteiger partial charge in [0.2, 0.25) is 0 Å². The van der Waals surface area contributed by atoms with Gasteiger partial charge in [-0.2, -0.15) is 5.10 Å². The first kappa shape index (κ1) is 17.9. The van der Waals surface area contributed by atoms with Crippen LogP contribution >= 0.6 is 11.6 Å². The number of rotatable bonds is 2. The number of hydrogen-bond acceptors (Lipinski definition) is 3. The number of hydrogen-bond donors (Lipinski definition) is 2. The van der Waals surface area contributed by atoms with E-state index >= 15 is 0 Å². The van der Waals surface area contributed by atoms with Gasteiger partial charge in [0.15, 0.2) is 5.82 Å². The van der Waals surface area contributed by atoms with E-state index in [-0.39, 0.29) is 5.91 Å². The predicted molar refractivity (Wildman–Crippen MR) is 113 cm³/mol. The van der Waals surface area contributed by atoms with E-state index in [9.17, 15) is 4.79 Å². The summed E-state index contributed by atoms with van der Waals surface area (Å²) in [6.45, 7) is 5.30. The van der Waals surface area contributed by atoms with Crippen LogP contribution in [0.25, 0.3) is 22.6 Å². The third kappa shape index (κ3) is 3.09. The van der Waals surface area contributed by atoms with Crippen molar-refractivity contribution in [3.8, 4) is 11.5 Å². The van der Waals surface area contributed by atoms with Crippen LogP contribution in [-0.4, -0.2) is 37.5 Å². The lowest BCUT2D eigenvalue weighted by atomic mass is 10.0. The normalized spacial score (nSPS) is 13.7. The third-order valence-corrected chi connectivity index (χ3v) is 5.89. The summed E-state index contributed by atoms with van der Waals surface area (Å²) in [6, 6.07) is 11.2. The molecular weight excluding hydrogens is 386 g/mol. The monoisotopic (exact) mass is 405 g/mol. The lowest BCUT2D eigenvalue weighted by molar-refractivity contribution is 0.0732. The Bertz CT molecular complexity index is 1200. The third-order valence-electron chi connectivity index (χ3n) is 5.64. The molecule has 1 aliphatic rings. The van der Waals surface area contributed by atoms with Crippen LogP contribution in [-0.2, 0) is 13.0 Å². The summed E-state index contributed by atoms with van der Waals surface area (Å²) in [4.78, 5) is 22.8. The molecule has 0 radical (unpaired) electrons. The van der Waals surface area contributed by atoms with Gasteiger partial charge in [0.1, 0.15) is 5.69 Å². The number of nitrogens with one attached hydrogen (secondary N) is 2. The highest BCUT2D eigenvalue weighted by Gasteiger charge is 2.27. The number of carbonyl (C=O) groups excluding carboxylic acids is 1. The quantitative estimate of drug-likeness (QED) is 0.518. The van der Waals surface area contributed by atoms with Crippen molar-refractivity contribution in [3.05, 3.63) is 69.4 Å². The van der Waals surface area contributed by atoms with Gasteiger partial charge >= 0.3 is 0 Å². The molecular formula is C22H20ClN5O. The van der Waals surface area contributed by atoms with E-state index < -0.39 is 0 Å². The first-order valence-electron chi connectivity index (χ1n) is 9.58. The summed E-state index contributed by atoms with van der Waals surface area (Å²) in [5, 5.41) is 8.23. The van der Waals surface area contributed by atoms with Gasteiger partial charge in [0, 0.05) is 22.7 Å². The maximum Gasteiger partial charge on any atom is 0.254 e. The number of nitrogens with zero attached hydrogens (tertiary/aromatic N) is 3. The first-order valence-corrected chi connectivity index (χ1v) is 9.95. The van der Waals surface area contributed by atoms with Crippen LogP contribution in [0.15, 0.2) is 36.4 Å². The van der Waals surface area contributed by atoms with Crippen LogP contribution < -0.4 is 0 Å². The van der Waals surface area contributed by atoms with Crippen molar-refractivity contribution in [2.45, 2.75) is 26.8 Å². The lowest BCUT2D eigenvalue weighted by Crippen LogP contribution is -2.35. The molecule has 0 saturated carbocycles. The molecule has 3 heterocycles. The van der Waals surface area contributed by atoms with Crippen LogP contribution in [0.1, 0.15) is 32.7 Å². The number of fused-ring (bicyclic) bond motifs is 2. The Morgan fingerprint density at radius 2 is 1.90 bits per heavy atom. The molecule has 0 saturated heterocycles. The van der Waals surface area contributed by atoms with E-state index in [1.165, 1.54) is 11.1 Å². The van der Waals surface area contributed by atoms with Gasteiger partial charge in [0.05, 0.1) is 23.3 Å². The number of H-pyrrole nitrogens is 2. The second-order valence-corrected chi connectivity index (χ2v) is 7.98. The Morgan fingerprint density at radius 3 is 2.69 bits per heavy atom. The van der Waals surface area contributed by atoms with E-state index in [0.29, 0.717) is 23.7 Å². The first-order chi connectivity index (χ1) is 14.0. The molecule has 0 aliphatic carbocycles. The predicted octanol–water partition coefficient (Wildman–Crippen LogP) is 4.42. The topological polar surface area (TPSA) is 77.7 Å². The average Bonchev–Trinajstić information content (AvgIpc) is 3.31. The van der Waals surface area contributed by atoms with Crippen LogP contribution in [0.5, 0.6) is 0 Å². The van der Waals surface area contributed by atoms with Crippen molar-refractivity contribution in [3.63, 3.8) is 0 Å². The van der Waals surface area contributed by atoms with Crippen LogP contribution in [0, 0.1) is 13.8 Å². The Kier molecular flexibility index (Phi) is 4.17. The molecule has 2 N–H and O–H groups in total. The van der Waals surface area contributed by atoms with Gasteiger partial charge in [-0.3, -0.25) is 9.89 Å². The van der Waals surface area contributed by atoms with Crippen molar-refractivity contribution in [1.29, 1.82) is 0 Å². The molecule has 5 rings (SSSR count). The molecule has 0 unspecified atom stereocenters. The Labute approximate surface area is 172 Å². The average molecular weight is 406 g/mol. The number of carbonyl (C=O) groups is 1. The van der Waals surface area contributed by atoms with Crippen molar-refractivity contribution >= 4 is 28.5 Å². The summed E-state index contributed by atoms with van der Waals surface area (Å²) >= 11 is 5.93. The minimum absolute atomic E-state index is 0.00782.